The number of hydrogen-bond acceptors (Lipinski definition) is 4. The Morgan fingerprint density at radius 2 is 2.24 bits per heavy atom. The van der Waals surface area contributed by atoms with Crippen LogP contribution in [0.1, 0.15) is 38.3 Å². The summed E-state index contributed by atoms with van der Waals surface area (Å²) >= 11 is 0. The van der Waals surface area contributed by atoms with Crippen molar-refractivity contribution in [3.8, 4) is 0 Å². The van der Waals surface area contributed by atoms with Gasteiger partial charge in [-0.3, -0.25) is 5.10 Å². The molecule has 1 aromatic rings. The first-order valence-electron chi connectivity index (χ1n) is 7.49. The zero-order chi connectivity index (χ0) is 15.6. The fourth-order valence-corrected chi connectivity index (χ4v) is 3.72. The van der Waals surface area contributed by atoms with Gasteiger partial charge in [-0.05, 0) is 24.7 Å². The van der Waals surface area contributed by atoms with Crippen molar-refractivity contribution in [2.45, 2.75) is 32.6 Å². The summed E-state index contributed by atoms with van der Waals surface area (Å²) in [6, 6.07) is 2.07. The number of nitrogens with one attached hydrogen (secondary N) is 1. The van der Waals surface area contributed by atoms with Gasteiger partial charge in [0.05, 0.1) is 6.26 Å². The van der Waals surface area contributed by atoms with Crippen LogP contribution in [0.3, 0.4) is 0 Å². The molecule has 0 saturated carbocycles. The lowest BCUT2D eigenvalue weighted by molar-refractivity contribution is 0.271. The third kappa shape index (κ3) is 4.20. The SMILES string of the molecule is CC(C)c1cc(N(C)C[C@@H]2CCCN(S(C)(=O)=O)C2)n[nH]1. The van der Waals surface area contributed by atoms with E-state index in [0.29, 0.717) is 24.9 Å². The Balaban J connectivity index is 1.97. The highest BCUT2D eigenvalue weighted by molar-refractivity contribution is 7.88. The van der Waals surface area contributed by atoms with E-state index in [4.69, 9.17) is 0 Å². The lowest BCUT2D eigenvalue weighted by Gasteiger charge is -2.33. The summed E-state index contributed by atoms with van der Waals surface area (Å²) in [7, 11) is -1.06. The predicted octanol–water partition coefficient (Wildman–Crippen LogP) is 1.64. The van der Waals surface area contributed by atoms with Gasteiger partial charge in [0.25, 0.3) is 0 Å². The molecule has 1 fully saturated rings. The van der Waals surface area contributed by atoms with Gasteiger partial charge in [-0.2, -0.15) is 5.10 Å². The van der Waals surface area contributed by atoms with E-state index in [-0.39, 0.29) is 0 Å². The molecule has 0 aromatic carbocycles. The van der Waals surface area contributed by atoms with Crippen LogP contribution in [0.4, 0.5) is 5.82 Å². The second kappa shape index (κ2) is 6.36. The van der Waals surface area contributed by atoms with Gasteiger partial charge in [0.15, 0.2) is 0 Å². The van der Waals surface area contributed by atoms with E-state index in [0.717, 1.165) is 30.9 Å². The van der Waals surface area contributed by atoms with Crippen LogP contribution in [0.25, 0.3) is 0 Å². The van der Waals surface area contributed by atoms with Gasteiger partial charge in [-0.25, -0.2) is 12.7 Å². The van der Waals surface area contributed by atoms with Crippen LogP contribution in [0.5, 0.6) is 0 Å². The molecular formula is C14H26N4O2S. The molecule has 0 amide bonds. The van der Waals surface area contributed by atoms with Crippen molar-refractivity contribution < 1.29 is 8.42 Å². The molecule has 0 spiro atoms. The van der Waals surface area contributed by atoms with E-state index in [1.807, 2.05) is 7.05 Å². The van der Waals surface area contributed by atoms with Crippen molar-refractivity contribution >= 4 is 15.8 Å². The number of anilines is 1. The third-order valence-electron chi connectivity index (χ3n) is 4.08. The van der Waals surface area contributed by atoms with Gasteiger partial charge >= 0.3 is 0 Å². The molecule has 0 bridgehead atoms. The standard InChI is InChI=1S/C14H26N4O2S/c1-11(2)13-8-14(16-15-13)17(3)9-12-6-5-7-18(10-12)21(4,19)20/h8,11-12H,5-7,9-10H2,1-4H3,(H,15,16)/t12-/m0/s1. The van der Waals surface area contributed by atoms with E-state index >= 15 is 0 Å². The van der Waals surface area contributed by atoms with Crippen LogP contribution in [0.2, 0.25) is 0 Å². The van der Waals surface area contributed by atoms with Crippen molar-refractivity contribution in [3.05, 3.63) is 11.8 Å². The van der Waals surface area contributed by atoms with Crippen molar-refractivity contribution in [2.24, 2.45) is 5.92 Å². The largest absolute Gasteiger partial charge is 0.358 e. The topological polar surface area (TPSA) is 69.3 Å². The highest BCUT2D eigenvalue weighted by Gasteiger charge is 2.26. The summed E-state index contributed by atoms with van der Waals surface area (Å²) in [6.45, 7) is 6.35. The Hall–Kier alpha value is -1.08. The van der Waals surface area contributed by atoms with Crippen LogP contribution in [0, 0.1) is 5.92 Å². The molecule has 2 rings (SSSR count). The predicted molar refractivity (Wildman–Crippen MR) is 85.1 cm³/mol. The van der Waals surface area contributed by atoms with E-state index in [1.165, 1.54) is 6.26 Å². The first-order chi connectivity index (χ1) is 9.77. The molecule has 0 unspecified atom stereocenters. The van der Waals surface area contributed by atoms with Gasteiger partial charge < -0.3 is 4.90 Å². The van der Waals surface area contributed by atoms with Crippen molar-refractivity contribution in [3.63, 3.8) is 0 Å². The summed E-state index contributed by atoms with van der Waals surface area (Å²) in [5, 5.41) is 7.40. The minimum Gasteiger partial charge on any atom is -0.358 e. The number of hydrogen-bond donors (Lipinski definition) is 1. The molecule has 1 N–H and O–H groups in total. The van der Waals surface area contributed by atoms with E-state index < -0.39 is 10.0 Å². The Labute approximate surface area is 127 Å². The lowest BCUT2D eigenvalue weighted by Crippen LogP contribution is -2.42. The number of aromatic nitrogens is 2. The van der Waals surface area contributed by atoms with Crippen LogP contribution in [0.15, 0.2) is 6.07 Å². The van der Waals surface area contributed by atoms with Crippen molar-refractivity contribution in [2.75, 3.05) is 37.8 Å². The summed E-state index contributed by atoms with van der Waals surface area (Å²) in [6.07, 6.45) is 3.29. The maximum atomic E-state index is 11.7. The maximum absolute atomic E-state index is 11.7. The highest BCUT2D eigenvalue weighted by Crippen LogP contribution is 2.22. The van der Waals surface area contributed by atoms with Crippen LogP contribution < -0.4 is 4.90 Å². The number of aromatic amines is 1. The minimum absolute atomic E-state index is 0.359. The zero-order valence-electron chi connectivity index (χ0n) is 13.3. The third-order valence-corrected chi connectivity index (χ3v) is 5.35. The Kier molecular flexibility index (Phi) is 4.93. The van der Waals surface area contributed by atoms with Crippen molar-refractivity contribution in [1.29, 1.82) is 0 Å². The summed E-state index contributed by atoms with van der Waals surface area (Å²) in [5.41, 5.74) is 1.12. The fourth-order valence-electron chi connectivity index (χ4n) is 2.77. The van der Waals surface area contributed by atoms with Crippen LogP contribution in [-0.4, -0.2) is 55.9 Å². The summed E-state index contributed by atoms with van der Waals surface area (Å²) < 4.78 is 24.9. The first kappa shape index (κ1) is 16.3. The molecule has 21 heavy (non-hydrogen) atoms. The normalized spacial score (nSPS) is 20.9. The zero-order valence-corrected chi connectivity index (χ0v) is 14.2. The van der Waals surface area contributed by atoms with Gasteiger partial charge in [0.1, 0.15) is 5.82 Å². The van der Waals surface area contributed by atoms with Crippen LogP contribution in [-0.2, 0) is 10.0 Å². The Morgan fingerprint density at radius 3 is 2.81 bits per heavy atom. The van der Waals surface area contributed by atoms with E-state index in [2.05, 4.69) is 35.0 Å². The molecule has 1 atom stereocenters. The average molecular weight is 314 g/mol. The Bertz CT molecular complexity index is 567. The molecule has 2 heterocycles. The average Bonchev–Trinajstić information content (AvgIpc) is 2.88. The number of piperidine rings is 1. The van der Waals surface area contributed by atoms with Gasteiger partial charge in [-0.15, -0.1) is 0 Å². The summed E-state index contributed by atoms with van der Waals surface area (Å²) in [4.78, 5) is 2.11. The van der Waals surface area contributed by atoms with E-state index in [9.17, 15) is 8.42 Å². The smallest absolute Gasteiger partial charge is 0.211 e. The van der Waals surface area contributed by atoms with E-state index in [1.54, 1.807) is 4.31 Å². The molecule has 6 nitrogen and oxygen atoms in total. The first-order valence-corrected chi connectivity index (χ1v) is 9.33. The number of rotatable bonds is 5. The quantitative estimate of drug-likeness (QED) is 0.897. The van der Waals surface area contributed by atoms with Gasteiger partial charge in [0, 0.05) is 38.4 Å². The number of nitrogens with zero attached hydrogens (tertiary/aromatic N) is 3. The second-order valence-electron chi connectivity index (χ2n) is 6.35. The molecule has 1 aliphatic heterocycles. The molecule has 0 aliphatic carbocycles. The lowest BCUT2D eigenvalue weighted by atomic mass is 9.99. The number of sulfonamides is 1. The molecular weight excluding hydrogens is 288 g/mol. The second-order valence-corrected chi connectivity index (χ2v) is 8.33. The monoisotopic (exact) mass is 314 g/mol. The van der Waals surface area contributed by atoms with Gasteiger partial charge in [-0.1, -0.05) is 13.8 Å². The minimum atomic E-state index is -3.07. The maximum Gasteiger partial charge on any atom is 0.211 e. The molecule has 1 saturated heterocycles. The van der Waals surface area contributed by atoms with Crippen molar-refractivity contribution in [1.82, 2.24) is 14.5 Å². The number of H-pyrrole nitrogens is 1. The molecule has 1 aromatic heterocycles. The van der Waals surface area contributed by atoms with Gasteiger partial charge in [0.2, 0.25) is 10.0 Å². The Morgan fingerprint density at radius 1 is 1.52 bits per heavy atom. The molecule has 0 radical (unpaired) electrons. The molecule has 7 heteroatoms. The highest BCUT2D eigenvalue weighted by atomic mass is 32.2. The summed E-state index contributed by atoms with van der Waals surface area (Å²) in [5.74, 6) is 1.71. The van der Waals surface area contributed by atoms with Crippen LogP contribution >= 0.6 is 0 Å². The molecule has 120 valence electrons. The molecule has 1 aliphatic rings. The fraction of sp³-hybridized carbons (Fsp3) is 0.786.